The van der Waals surface area contributed by atoms with Crippen molar-refractivity contribution >= 4 is 10.2 Å². The second-order valence-corrected chi connectivity index (χ2v) is 7.46. The van der Waals surface area contributed by atoms with Crippen LogP contribution in [0.2, 0.25) is 0 Å². The highest BCUT2D eigenvalue weighted by atomic mass is 32.2. The molecule has 5 nitrogen and oxygen atoms in total. The van der Waals surface area contributed by atoms with Gasteiger partial charge in [-0.15, -0.1) is 0 Å². The number of piperidine rings is 1. The molecular weight excluding hydrogens is 250 g/mol. The molecule has 6 heteroatoms. The zero-order valence-corrected chi connectivity index (χ0v) is 12.0. The maximum Gasteiger partial charge on any atom is 0.281 e. The first-order valence-corrected chi connectivity index (χ1v) is 8.43. The average Bonchev–Trinajstić information content (AvgIpc) is 2.88. The number of nitrogens with zero attached hydrogens (tertiary/aromatic N) is 2. The molecule has 0 amide bonds. The van der Waals surface area contributed by atoms with Gasteiger partial charge in [-0.25, -0.2) is 0 Å². The molecule has 0 radical (unpaired) electrons. The minimum Gasteiger partial charge on any atom is -0.330 e. The molecule has 2 N–H and O–H groups in total. The maximum atomic E-state index is 12.5. The van der Waals surface area contributed by atoms with Gasteiger partial charge in [-0.3, -0.25) is 0 Å². The molecule has 106 valence electrons. The summed E-state index contributed by atoms with van der Waals surface area (Å²) in [4.78, 5) is 0. The van der Waals surface area contributed by atoms with Gasteiger partial charge >= 0.3 is 0 Å². The molecule has 0 bridgehead atoms. The van der Waals surface area contributed by atoms with Gasteiger partial charge in [0.2, 0.25) is 0 Å². The highest BCUT2D eigenvalue weighted by molar-refractivity contribution is 7.86. The Labute approximate surface area is 110 Å². The van der Waals surface area contributed by atoms with E-state index in [-0.39, 0.29) is 0 Å². The molecule has 2 heterocycles. The molecule has 2 aliphatic rings. The molecule has 2 fully saturated rings. The third-order valence-corrected chi connectivity index (χ3v) is 6.26. The molecule has 0 aliphatic carbocycles. The first-order chi connectivity index (χ1) is 8.57. The number of hydrogen-bond donors (Lipinski definition) is 1. The van der Waals surface area contributed by atoms with Gasteiger partial charge in [-0.1, -0.05) is 13.3 Å². The van der Waals surface area contributed by atoms with Crippen LogP contribution in [0.5, 0.6) is 0 Å². The zero-order valence-electron chi connectivity index (χ0n) is 11.2. The van der Waals surface area contributed by atoms with Crippen LogP contribution >= 0.6 is 0 Å². The van der Waals surface area contributed by atoms with Crippen LogP contribution in [0.15, 0.2) is 0 Å². The Kier molecular flexibility index (Phi) is 4.64. The Bertz CT molecular complexity index is 372. The summed E-state index contributed by atoms with van der Waals surface area (Å²) in [6.07, 6.45) is 4.06. The summed E-state index contributed by atoms with van der Waals surface area (Å²) in [5.41, 5.74) is 5.67. The lowest BCUT2D eigenvalue weighted by Crippen LogP contribution is -2.48. The van der Waals surface area contributed by atoms with E-state index in [2.05, 4.69) is 6.92 Å². The quantitative estimate of drug-likeness (QED) is 0.818. The zero-order chi connectivity index (χ0) is 13.2. The van der Waals surface area contributed by atoms with Crippen molar-refractivity contribution in [3.8, 4) is 0 Å². The molecule has 0 aromatic carbocycles. The van der Waals surface area contributed by atoms with Crippen LogP contribution in [0.1, 0.15) is 32.6 Å². The number of hydrogen-bond acceptors (Lipinski definition) is 3. The number of rotatable bonds is 4. The lowest BCUT2D eigenvalue weighted by Gasteiger charge is -2.33. The fourth-order valence-corrected chi connectivity index (χ4v) is 4.75. The van der Waals surface area contributed by atoms with Crippen LogP contribution in [0.25, 0.3) is 0 Å². The molecule has 0 spiro atoms. The van der Waals surface area contributed by atoms with Gasteiger partial charge in [0, 0.05) is 26.2 Å². The minimum absolute atomic E-state index is 0.332. The van der Waals surface area contributed by atoms with Crippen LogP contribution in [0.4, 0.5) is 0 Å². The van der Waals surface area contributed by atoms with Gasteiger partial charge in [0.1, 0.15) is 0 Å². The summed E-state index contributed by atoms with van der Waals surface area (Å²) >= 11 is 0. The molecule has 2 saturated heterocycles. The summed E-state index contributed by atoms with van der Waals surface area (Å²) in [5, 5.41) is 0. The lowest BCUT2D eigenvalue weighted by molar-refractivity contribution is 0.255. The van der Waals surface area contributed by atoms with Gasteiger partial charge in [-0.2, -0.15) is 17.0 Å². The van der Waals surface area contributed by atoms with Crippen molar-refractivity contribution in [3.63, 3.8) is 0 Å². The molecule has 18 heavy (non-hydrogen) atoms. The molecule has 0 saturated carbocycles. The van der Waals surface area contributed by atoms with Gasteiger partial charge in [0.25, 0.3) is 10.2 Å². The van der Waals surface area contributed by atoms with Gasteiger partial charge in [0.15, 0.2) is 0 Å². The largest absolute Gasteiger partial charge is 0.330 e. The second-order valence-electron chi connectivity index (χ2n) is 5.53. The van der Waals surface area contributed by atoms with E-state index in [9.17, 15) is 8.42 Å². The van der Waals surface area contributed by atoms with Crippen molar-refractivity contribution in [2.75, 3.05) is 32.7 Å². The molecule has 0 aromatic heterocycles. The van der Waals surface area contributed by atoms with Crippen molar-refractivity contribution in [1.29, 1.82) is 0 Å². The van der Waals surface area contributed by atoms with Crippen molar-refractivity contribution in [2.24, 2.45) is 17.6 Å². The van der Waals surface area contributed by atoms with Crippen molar-refractivity contribution < 1.29 is 8.42 Å². The van der Waals surface area contributed by atoms with E-state index < -0.39 is 10.2 Å². The summed E-state index contributed by atoms with van der Waals surface area (Å²) in [7, 11) is -3.24. The topological polar surface area (TPSA) is 66.6 Å². The SMILES string of the molecule is CCC1CCN(S(=O)(=O)N2CCCC(CN)C2)C1. The van der Waals surface area contributed by atoms with E-state index in [1.165, 1.54) is 0 Å². The Morgan fingerprint density at radius 3 is 2.39 bits per heavy atom. The molecule has 2 atom stereocenters. The molecular formula is C12H25N3O2S. The first-order valence-electron chi connectivity index (χ1n) is 7.03. The van der Waals surface area contributed by atoms with E-state index >= 15 is 0 Å². The molecule has 2 unspecified atom stereocenters. The van der Waals surface area contributed by atoms with Crippen LogP contribution in [0, 0.1) is 11.8 Å². The first kappa shape index (κ1) is 14.2. The van der Waals surface area contributed by atoms with E-state index in [0.717, 1.165) is 25.7 Å². The van der Waals surface area contributed by atoms with E-state index in [0.29, 0.717) is 44.6 Å². The van der Waals surface area contributed by atoms with Crippen molar-refractivity contribution in [3.05, 3.63) is 0 Å². The Morgan fingerprint density at radius 1 is 1.11 bits per heavy atom. The van der Waals surface area contributed by atoms with Crippen LogP contribution in [-0.4, -0.2) is 49.8 Å². The van der Waals surface area contributed by atoms with E-state index in [4.69, 9.17) is 5.73 Å². The minimum atomic E-state index is -3.24. The maximum absolute atomic E-state index is 12.5. The molecule has 0 aromatic rings. The average molecular weight is 275 g/mol. The van der Waals surface area contributed by atoms with E-state index in [1.54, 1.807) is 8.61 Å². The van der Waals surface area contributed by atoms with Gasteiger partial charge in [-0.05, 0) is 37.6 Å². The Balaban J connectivity index is 2.02. The van der Waals surface area contributed by atoms with Crippen molar-refractivity contribution in [1.82, 2.24) is 8.61 Å². The third kappa shape index (κ3) is 2.87. The summed E-state index contributed by atoms with van der Waals surface area (Å²) in [6.45, 7) is 5.36. The van der Waals surface area contributed by atoms with Gasteiger partial charge < -0.3 is 5.73 Å². The third-order valence-electron chi connectivity index (χ3n) is 4.29. The molecule has 2 rings (SSSR count). The Hall–Kier alpha value is -0.170. The normalized spacial score (nSPS) is 31.9. The predicted octanol–water partition coefficient (Wildman–Crippen LogP) is 0.634. The standard InChI is InChI=1S/C12H25N3O2S/c1-2-11-5-7-15(9-11)18(16,17)14-6-3-4-12(8-13)10-14/h11-12H,2-10,13H2,1H3. The Morgan fingerprint density at radius 2 is 1.78 bits per heavy atom. The number of nitrogens with two attached hydrogens (primary N) is 1. The van der Waals surface area contributed by atoms with Crippen molar-refractivity contribution in [2.45, 2.75) is 32.6 Å². The fourth-order valence-electron chi connectivity index (χ4n) is 2.93. The fraction of sp³-hybridized carbons (Fsp3) is 1.00. The van der Waals surface area contributed by atoms with E-state index in [1.807, 2.05) is 0 Å². The summed E-state index contributed by atoms with van der Waals surface area (Å²) in [5.74, 6) is 0.868. The predicted molar refractivity (Wildman–Crippen MR) is 72.2 cm³/mol. The molecule has 2 aliphatic heterocycles. The summed E-state index contributed by atoms with van der Waals surface area (Å²) in [6, 6.07) is 0. The monoisotopic (exact) mass is 275 g/mol. The highest BCUT2D eigenvalue weighted by Crippen LogP contribution is 2.26. The van der Waals surface area contributed by atoms with Crippen LogP contribution in [0.3, 0.4) is 0 Å². The highest BCUT2D eigenvalue weighted by Gasteiger charge is 2.36. The summed E-state index contributed by atoms with van der Waals surface area (Å²) < 4.78 is 28.4. The van der Waals surface area contributed by atoms with Crippen LogP contribution in [-0.2, 0) is 10.2 Å². The smallest absolute Gasteiger partial charge is 0.281 e. The van der Waals surface area contributed by atoms with Gasteiger partial charge in [0.05, 0.1) is 0 Å². The second kappa shape index (κ2) is 5.86. The van der Waals surface area contributed by atoms with Crippen LogP contribution < -0.4 is 5.73 Å². The lowest BCUT2D eigenvalue weighted by atomic mass is 10.0.